The maximum Gasteiger partial charge on any atom is 0.272 e. The van der Waals surface area contributed by atoms with Crippen LogP contribution in [-0.4, -0.2) is 49.2 Å². The van der Waals surface area contributed by atoms with E-state index in [1.54, 1.807) is 10.6 Å². The minimum Gasteiger partial charge on any atom is -0.390 e. The minimum atomic E-state index is -0.614. The van der Waals surface area contributed by atoms with E-state index < -0.39 is 5.60 Å². The quantitative estimate of drug-likeness (QED) is 0.916. The Hall–Kier alpha value is -1.95. The monoisotopic (exact) mass is 314 g/mol. The van der Waals surface area contributed by atoms with Crippen LogP contribution in [0.3, 0.4) is 0 Å². The van der Waals surface area contributed by atoms with E-state index >= 15 is 0 Å². The molecule has 0 bridgehead atoms. The van der Waals surface area contributed by atoms with Gasteiger partial charge in [0.15, 0.2) is 5.65 Å². The Balaban J connectivity index is 1.62. The molecular weight excluding hydrogens is 292 g/mol. The van der Waals surface area contributed by atoms with Gasteiger partial charge in [0.1, 0.15) is 12.0 Å². The van der Waals surface area contributed by atoms with Crippen molar-refractivity contribution in [3.63, 3.8) is 0 Å². The van der Waals surface area contributed by atoms with Crippen LogP contribution in [0, 0.1) is 11.8 Å². The highest BCUT2D eigenvalue weighted by Crippen LogP contribution is 2.44. The molecule has 6 nitrogen and oxygen atoms in total. The van der Waals surface area contributed by atoms with Gasteiger partial charge in [0.25, 0.3) is 5.91 Å². The molecule has 1 aliphatic heterocycles. The van der Waals surface area contributed by atoms with E-state index in [9.17, 15) is 9.90 Å². The van der Waals surface area contributed by atoms with Gasteiger partial charge in [-0.3, -0.25) is 4.79 Å². The number of likely N-dealkylation sites (tertiary alicyclic amines) is 1. The topological polar surface area (TPSA) is 70.7 Å². The van der Waals surface area contributed by atoms with Gasteiger partial charge in [0.05, 0.1) is 5.60 Å². The van der Waals surface area contributed by atoms with Crippen molar-refractivity contribution in [3.8, 4) is 0 Å². The second kappa shape index (κ2) is 5.30. The normalized spacial score (nSPS) is 30.6. The molecule has 23 heavy (non-hydrogen) atoms. The maximum atomic E-state index is 13.0. The smallest absolute Gasteiger partial charge is 0.272 e. The van der Waals surface area contributed by atoms with E-state index in [1.807, 2.05) is 24.0 Å². The van der Waals surface area contributed by atoms with Crippen LogP contribution in [0.25, 0.3) is 5.65 Å². The number of carbonyl (C=O) groups is 1. The largest absolute Gasteiger partial charge is 0.390 e. The molecule has 1 aliphatic carbocycles. The third-order valence-corrected chi connectivity index (χ3v) is 5.74. The molecule has 3 heterocycles. The summed E-state index contributed by atoms with van der Waals surface area (Å²) in [6.45, 7) is 3.42. The van der Waals surface area contributed by atoms with E-state index in [0.717, 1.165) is 32.2 Å². The molecule has 2 aromatic heterocycles. The molecule has 1 saturated carbocycles. The van der Waals surface area contributed by atoms with Crippen molar-refractivity contribution in [2.24, 2.45) is 11.8 Å². The van der Waals surface area contributed by atoms with E-state index in [-0.39, 0.29) is 11.8 Å². The fourth-order valence-corrected chi connectivity index (χ4v) is 4.40. The molecule has 2 aromatic rings. The molecular formula is C17H22N4O2. The summed E-state index contributed by atoms with van der Waals surface area (Å²) in [4.78, 5) is 19.0. The third kappa shape index (κ3) is 2.24. The Kier molecular flexibility index (Phi) is 3.37. The van der Waals surface area contributed by atoms with Crippen molar-refractivity contribution in [1.82, 2.24) is 19.5 Å². The second-order valence-electron chi connectivity index (χ2n) is 6.87. The lowest BCUT2D eigenvalue weighted by molar-refractivity contribution is -0.0609. The zero-order chi connectivity index (χ0) is 16.0. The van der Waals surface area contributed by atoms with Gasteiger partial charge < -0.3 is 10.0 Å². The molecule has 1 amide bonds. The molecule has 0 spiro atoms. The molecule has 4 rings (SSSR count). The average Bonchev–Trinajstić information content (AvgIpc) is 3.21. The fourth-order valence-electron chi connectivity index (χ4n) is 4.40. The van der Waals surface area contributed by atoms with Crippen molar-refractivity contribution in [1.29, 1.82) is 0 Å². The SMILES string of the molecule is CC[C@]1(O)CCC[C@H]2CN(C(=O)c3cccc4ncnn34)C[C@H]21. The predicted molar refractivity (Wildman–Crippen MR) is 85.0 cm³/mol. The molecule has 2 aliphatic rings. The van der Waals surface area contributed by atoms with Gasteiger partial charge in [-0.05, 0) is 37.3 Å². The lowest BCUT2D eigenvalue weighted by atomic mass is 9.69. The first-order valence-electron chi connectivity index (χ1n) is 8.43. The molecule has 1 N–H and O–H groups in total. The molecule has 3 atom stereocenters. The van der Waals surface area contributed by atoms with Crippen molar-refractivity contribution >= 4 is 11.6 Å². The van der Waals surface area contributed by atoms with Gasteiger partial charge in [-0.2, -0.15) is 5.10 Å². The number of hydrogen-bond donors (Lipinski definition) is 1. The third-order valence-electron chi connectivity index (χ3n) is 5.74. The first-order valence-corrected chi connectivity index (χ1v) is 8.43. The van der Waals surface area contributed by atoms with Crippen LogP contribution in [0.2, 0.25) is 0 Å². The Morgan fingerprint density at radius 1 is 1.43 bits per heavy atom. The number of rotatable bonds is 2. The predicted octanol–water partition coefficient (Wildman–Crippen LogP) is 1.74. The molecule has 0 unspecified atom stereocenters. The fraction of sp³-hybridized carbons (Fsp3) is 0.588. The second-order valence-corrected chi connectivity index (χ2v) is 6.87. The zero-order valence-corrected chi connectivity index (χ0v) is 13.4. The number of carbonyl (C=O) groups excluding carboxylic acids is 1. The molecule has 2 fully saturated rings. The van der Waals surface area contributed by atoms with Crippen molar-refractivity contribution in [3.05, 3.63) is 30.2 Å². The first-order chi connectivity index (χ1) is 11.1. The Morgan fingerprint density at radius 3 is 3.13 bits per heavy atom. The highest BCUT2D eigenvalue weighted by atomic mass is 16.3. The van der Waals surface area contributed by atoms with Crippen LogP contribution in [0.1, 0.15) is 43.1 Å². The van der Waals surface area contributed by atoms with Crippen LogP contribution in [0.5, 0.6) is 0 Å². The summed E-state index contributed by atoms with van der Waals surface area (Å²) < 4.78 is 1.59. The average molecular weight is 314 g/mol. The van der Waals surface area contributed by atoms with E-state index in [1.165, 1.54) is 6.33 Å². The van der Waals surface area contributed by atoms with Crippen molar-refractivity contribution in [2.75, 3.05) is 13.1 Å². The van der Waals surface area contributed by atoms with E-state index in [4.69, 9.17) is 0 Å². The first kappa shape index (κ1) is 14.6. The van der Waals surface area contributed by atoms with Crippen LogP contribution in [-0.2, 0) is 0 Å². The van der Waals surface area contributed by atoms with Crippen LogP contribution >= 0.6 is 0 Å². The Bertz CT molecular complexity index is 743. The van der Waals surface area contributed by atoms with Crippen molar-refractivity contribution in [2.45, 2.75) is 38.2 Å². The van der Waals surface area contributed by atoms with Crippen LogP contribution < -0.4 is 0 Å². The maximum absolute atomic E-state index is 13.0. The summed E-state index contributed by atoms with van der Waals surface area (Å²) in [7, 11) is 0. The number of fused-ring (bicyclic) bond motifs is 2. The summed E-state index contributed by atoms with van der Waals surface area (Å²) in [6.07, 6.45) is 5.22. The van der Waals surface area contributed by atoms with E-state index in [2.05, 4.69) is 10.1 Å². The molecule has 122 valence electrons. The van der Waals surface area contributed by atoms with E-state index in [0.29, 0.717) is 23.8 Å². The molecule has 6 heteroatoms. The molecule has 1 saturated heterocycles. The summed E-state index contributed by atoms with van der Waals surface area (Å²) in [6, 6.07) is 5.46. The lowest BCUT2D eigenvalue weighted by Gasteiger charge is -2.40. The van der Waals surface area contributed by atoms with Gasteiger partial charge in [0, 0.05) is 19.0 Å². The van der Waals surface area contributed by atoms with Crippen molar-refractivity contribution < 1.29 is 9.90 Å². The number of amides is 1. The number of aromatic nitrogens is 3. The van der Waals surface area contributed by atoms with Crippen LogP contribution in [0.4, 0.5) is 0 Å². The summed E-state index contributed by atoms with van der Waals surface area (Å²) in [5.74, 6) is 0.585. The van der Waals surface area contributed by atoms with Gasteiger partial charge in [0.2, 0.25) is 0 Å². The number of pyridine rings is 1. The Morgan fingerprint density at radius 2 is 2.30 bits per heavy atom. The van der Waals surface area contributed by atoms with Gasteiger partial charge >= 0.3 is 0 Å². The van der Waals surface area contributed by atoms with Crippen LogP contribution in [0.15, 0.2) is 24.5 Å². The summed E-state index contributed by atoms with van der Waals surface area (Å²) in [5.41, 5.74) is 0.605. The minimum absolute atomic E-state index is 0.0195. The van der Waals surface area contributed by atoms with Gasteiger partial charge in [-0.15, -0.1) is 0 Å². The highest BCUT2D eigenvalue weighted by Gasteiger charge is 2.48. The highest BCUT2D eigenvalue weighted by molar-refractivity contribution is 5.93. The molecule has 0 radical (unpaired) electrons. The Labute approximate surface area is 135 Å². The molecule has 0 aromatic carbocycles. The standard InChI is InChI=1S/C17H22N4O2/c1-2-17(23)8-4-5-12-9-20(10-13(12)17)16(22)14-6-3-7-15-18-11-19-21(14)15/h3,6-7,11-13,23H,2,4-5,8-10H2,1H3/t12-,13+,17-/m0/s1. The zero-order valence-electron chi connectivity index (χ0n) is 13.4. The number of nitrogens with zero attached hydrogens (tertiary/aromatic N) is 4. The van der Waals surface area contributed by atoms with Gasteiger partial charge in [-0.1, -0.05) is 19.4 Å². The summed E-state index contributed by atoms with van der Waals surface area (Å²) in [5, 5.41) is 15.0. The van der Waals surface area contributed by atoms with Gasteiger partial charge in [-0.25, -0.2) is 9.50 Å². The summed E-state index contributed by atoms with van der Waals surface area (Å²) >= 11 is 0. The number of aliphatic hydroxyl groups is 1. The number of hydrogen-bond acceptors (Lipinski definition) is 4. The lowest BCUT2D eigenvalue weighted by Crippen LogP contribution is -2.44.